The fourth-order valence-corrected chi connectivity index (χ4v) is 2.23. The molecule has 2 aromatic rings. The Labute approximate surface area is 125 Å². The van der Waals surface area contributed by atoms with Gasteiger partial charge in [0, 0.05) is 18.3 Å². The predicted molar refractivity (Wildman–Crippen MR) is 81.5 cm³/mol. The third-order valence-electron chi connectivity index (χ3n) is 2.41. The van der Waals surface area contributed by atoms with Gasteiger partial charge in [-0.2, -0.15) is 0 Å². The Balaban J connectivity index is 1.96. The number of imide groups is 1. The maximum absolute atomic E-state index is 11.7. The molecule has 3 N–H and O–H groups in total. The first-order valence-corrected chi connectivity index (χ1v) is 6.96. The van der Waals surface area contributed by atoms with Crippen molar-refractivity contribution in [3.05, 3.63) is 46.7 Å². The summed E-state index contributed by atoms with van der Waals surface area (Å²) in [5.74, 6) is -0.662. The molecule has 0 aliphatic rings. The molecule has 0 aliphatic carbocycles. The second-order valence-corrected chi connectivity index (χ2v) is 5.10. The van der Waals surface area contributed by atoms with Gasteiger partial charge >= 0.3 is 6.03 Å². The van der Waals surface area contributed by atoms with Crippen molar-refractivity contribution in [2.75, 3.05) is 10.6 Å². The largest absolute Gasteiger partial charge is 0.326 e. The summed E-state index contributed by atoms with van der Waals surface area (Å²) < 4.78 is 0. The highest BCUT2D eigenvalue weighted by molar-refractivity contribution is 7.12. The summed E-state index contributed by atoms with van der Waals surface area (Å²) in [6.07, 6.45) is 0. The van der Waals surface area contributed by atoms with Gasteiger partial charge in [0.1, 0.15) is 0 Å². The molecule has 108 valence electrons. The Hall–Kier alpha value is -2.67. The van der Waals surface area contributed by atoms with E-state index >= 15 is 0 Å². The molecular formula is C14H13N3O3S. The number of hydrogen-bond donors (Lipinski definition) is 3. The Morgan fingerprint density at radius 3 is 2.33 bits per heavy atom. The van der Waals surface area contributed by atoms with Gasteiger partial charge in [-0.05, 0) is 29.6 Å². The molecule has 0 atom stereocenters. The number of urea groups is 1. The van der Waals surface area contributed by atoms with E-state index in [1.54, 1.807) is 41.8 Å². The van der Waals surface area contributed by atoms with Crippen molar-refractivity contribution in [3.63, 3.8) is 0 Å². The highest BCUT2D eigenvalue weighted by Gasteiger charge is 2.11. The average Bonchev–Trinajstić information content (AvgIpc) is 2.91. The Morgan fingerprint density at radius 1 is 1.00 bits per heavy atom. The molecule has 2 rings (SSSR count). The summed E-state index contributed by atoms with van der Waals surface area (Å²) in [7, 11) is 0. The number of rotatable bonds is 3. The van der Waals surface area contributed by atoms with Crippen molar-refractivity contribution < 1.29 is 14.4 Å². The number of carbonyl (C=O) groups excluding carboxylic acids is 3. The lowest BCUT2D eigenvalue weighted by Crippen LogP contribution is -2.33. The van der Waals surface area contributed by atoms with Crippen LogP contribution in [-0.2, 0) is 4.79 Å². The van der Waals surface area contributed by atoms with Gasteiger partial charge in [0.15, 0.2) is 0 Å². The molecule has 6 nitrogen and oxygen atoms in total. The van der Waals surface area contributed by atoms with E-state index in [1.807, 2.05) is 0 Å². The Morgan fingerprint density at radius 2 is 1.71 bits per heavy atom. The van der Waals surface area contributed by atoms with Gasteiger partial charge < -0.3 is 10.6 Å². The second kappa shape index (κ2) is 6.67. The first-order valence-electron chi connectivity index (χ1n) is 6.08. The molecule has 1 aromatic heterocycles. The van der Waals surface area contributed by atoms with E-state index in [-0.39, 0.29) is 5.91 Å². The minimum absolute atomic E-state index is 0.204. The van der Waals surface area contributed by atoms with Gasteiger partial charge in [0.05, 0.1) is 4.88 Å². The van der Waals surface area contributed by atoms with Crippen LogP contribution in [0.25, 0.3) is 0 Å². The molecule has 7 heteroatoms. The molecule has 0 saturated heterocycles. The zero-order chi connectivity index (χ0) is 15.2. The summed E-state index contributed by atoms with van der Waals surface area (Å²) in [6, 6.07) is 9.35. The zero-order valence-electron chi connectivity index (χ0n) is 11.2. The van der Waals surface area contributed by atoms with Crippen molar-refractivity contribution in [1.29, 1.82) is 0 Å². The fraction of sp³-hybridized carbons (Fsp3) is 0.0714. The minimum Gasteiger partial charge on any atom is -0.326 e. The van der Waals surface area contributed by atoms with Crippen molar-refractivity contribution in [2.24, 2.45) is 0 Å². The zero-order valence-corrected chi connectivity index (χ0v) is 12.0. The smallest absolute Gasteiger partial charge is 0.326 e. The minimum atomic E-state index is -0.631. The molecule has 0 spiro atoms. The third-order valence-corrected chi connectivity index (χ3v) is 3.28. The SMILES string of the molecule is CC(=O)Nc1cccc(NC(=O)NC(=O)c2cccs2)c1. The van der Waals surface area contributed by atoms with Crippen molar-refractivity contribution in [3.8, 4) is 0 Å². The number of thiophene rings is 1. The number of hydrogen-bond acceptors (Lipinski definition) is 4. The number of nitrogens with one attached hydrogen (secondary N) is 3. The first kappa shape index (κ1) is 14.7. The highest BCUT2D eigenvalue weighted by Crippen LogP contribution is 2.15. The molecule has 0 bridgehead atoms. The molecule has 0 unspecified atom stereocenters. The van der Waals surface area contributed by atoms with E-state index < -0.39 is 11.9 Å². The fourth-order valence-electron chi connectivity index (χ4n) is 1.61. The Kier molecular flexibility index (Phi) is 4.68. The van der Waals surface area contributed by atoms with Crippen LogP contribution in [0.3, 0.4) is 0 Å². The summed E-state index contributed by atoms with van der Waals surface area (Å²) in [5.41, 5.74) is 1.03. The quantitative estimate of drug-likeness (QED) is 0.814. The van der Waals surface area contributed by atoms with Gasteiger partial charge in [0.25, 0.3) is 5.91 Å². The van der Waals surface area contributed by atoms with Crippen LogP contribution in [0.15, 0.2) is 41.8 Å². The van der Waals surface area contributed by atoms with Gasteiger partial charge in [-0.25, -0.2) is 4.79 Å². The van der Waals surface area contributed by atoms with Crippen LogP contribution in [0.2, 0.25) is 0 Å². The van der Waals surface area contributed by atoms with Crippen molar-refractivity contribution >= 4 is 40.6 Å². The van der Waals surface area contributed by atoms with Crippen LogP contribution in [0.5, 0.6) is 0 Å². The number of amides is 4. The molecule has 0 radical (unpaired) electrons. The Bertz CT molecular complexity index is 668. The van der Waals surface area contributed by atoms with E-state index in [0.29, 0.717) is 16.3 Å². The van der Waals surface area contributed by atoms with Crippen LogP contribution in [0.1, 0.15) is 16.6 Å². The highest BCUT2D eigenvalue weighted by atomic mass is 32.1. The lowest BCUT2D eigenvalue weighted by molar-refractivity contribution is -0.114. The predicted octanol–water partition coefficient (Wildman–Crippen LogP) is 2.67. The summed E-state index contributed by atoms with van der Waals surface area (Å²) in [5, 5.41) is 9.12. The van der Waals surface area contributed by atoms with Gasteiger partial charge in [-0.3, -0.25) is 14.9 Å². The summed E-state index contributed by atoms with van der Waals surface area (Å²) >= 11 is 1.25. The topological polar surface area (TPSA) is 87.3 Å². The molecule has 1 aromatic carbocycles. The molecular weight excluding hydrogens is 290 g/mol. The van der Waals surface area contributed by atoms with Crippen LogP contribution in [0, 0.1) is 0 Å². The normalized spacial score (nSPS) is 9.76. The first-order chi connectivity index (χ1) is 10.0. The van der Waals surface area contributed by atoms with Crippen LogP contribution < -0.4 is 16.0 Å². The average molecular weight is 303 g/mol. The number of benzene rings is 1. The van der Waals surface area contributed by atoms with E-state index in [0.717, 1.165) is 0 Å². The molecule has 4 amide bonds. The van der Waals surface area contributed by atoms with E-state index in [2.05, 4.69) is 16.0 Å². The maximum atomic E-state index is 11.7. The number of anilines is 2. The van der Waals surface area contributed by atoms with E-state index in [4.69, 9.17) is 0 Å². The van der Waals surface area contributed by atoms with Crippen LogP contribution in [-0.4, -0.2) is 17.8 Å². The molecule has 21 heavy (non-hydrogen) atoms. The van der Waals surface area contributed by atoms with E-state index in [9.17, 15) is 14.4 Å². The monoisotopic (exact) mass is 303 g/mol. The molecule has 1 heterocycles. The lowest BCUT2D eigenvalue weighted by Gasteiger charge is -2.08. The standard InChI is InChI=1S/C14H13N3O3S/c1-9(18)15-10-4-2-5-11(8-10)16-14(20)17-13(19)12-6-3-7-21-12/h2-8H,1H3,(H,15,18)(H2,16,17,19,20). The van der Waals surface area contributed by atoms with Gasteiger partial charge in [-0.15, -0.1) is 11.3 Å². The number of carbonyl (C=O) groups is 3. The molecule has 0 aliphatic heterocycles. The summed E-state index contributed by atoms with van der Waals surface area (Å²) in [4.78, 5) is 34.9. The molecule has 0 saturated carbocycles. The van der Waals surface area contributed by atoms with Gasteiger partial charge in [-0.1, -0.05) is 12.1 Å². The van der Waals surface area contributed by atoms with Crippen molar-refractivity contribution in [2.45, 2.75) is 6.92 Å². The maximum Gasteiger partial charge on any atom is 0.326 e. The van der Waals surface area contributed by atoms with Gasteiger partial charge in [0.2, 0.25) is 5.91 Å². The lowest BCUT2D eigenvalue weighted by atomic mass is 10.2. The molecule has 0 fully saturated rings. The van der Waals surface area contributed by atoms with E-state index in [1.165, 1.54) is 18.3 Å². The second-order valence-electron chi connectivity index (χ2n) is 4.15. The van der Waals surface area contributed by atoms with Crippen molar-refractivity contribution in [1.82, 2.24) is 5.32 Å². The van der Waals surface area contributed by atoms with Crippen LogP contribution in [0.4, 0.5) is 16.2 Å². The third kappa shape index (κ3) is 4.43. The van der Waals surface area contributed by atoms with Crippen LogP contribution >= 0.6 is 11.3 Å². The summed E-state index contributed by atoms with van der Waals surface area (Å²) in [6.45, 7) is 1.40.